The number of nitrogens with zero attached hydrogens (tertiary/aromatic N) is 4. The Balaban J connectivity index is 1.46. The molecule has 0 fully saturated rings. The predicted octanol–water partition coefficient (Wildman–Crippen LogP) is 1.51. The summed E-state index contributed by atoms with van der Waals surface area (Å²) in [4.78, 5) is 16.2. The normalized spacial score (nSPS) is 18.3. The number of pyridine rings is 1. The highest BCUT2D eigenvalue weighted by molar-refractivity contribution is 6.30. The van der Waals surface area contributed by atoms with Crippen molar-refractivity contribution >= 4 is 23.3 Å². The van der Waals surface area contributed by atoms with Crippen molar-refractivity contribution in [3.63, 3.8) is 0 Å². The number of aromatic nitrogens is 4. The minimum absolute atomic E-state index is 0.111. The highest BCUT2D eigenvalue weighted by Crippen LogP contribution is 2.17. The molecule has 1 aliphatic heterocycles. The lowest BCUT2D eigenvalue weighted by Crippen LogP contribution is -2.42. The Kier molecular flexibility index (Phi) is 4.88. The summed E-state index contributed by atoms with van der Waals surface area (Å²) < 4.78 is 2.08. The summed E-state index contributed by atoms with van der Waals surface area (Å²) in [5, 5.41) is 14.6. The van der Waals surface area contributed by atoms with Gasteiger partial charge in [0.05, 0.1) is 11.1 Å². The van der Waals surface area contributed by atoms with Crippen LogP contribution in [0.5, 0.6) is 0 Å². The van der Waals surface area contributed by atoms with E-state index in [2.05, 4.69) is 30.4 Å². The van der Waals surface area contributed by atoms with Crippen molar-refractivity contribution in [2.24, 2.45) is 5.92 Å². The average Bonchev–Trinajstić information content (AvgIpc) is 3.02. The smallest absolute Gasteiger partial charge is 0.242 e. The summed E-state index contributed by atoms with van der Waals surface area (Å²) in [5.74, 6) is 1.91. The summed E-state index contributed by atoms with van der Waals surface area (Å²) >= 11 is 5.78. The Labute approximate surface area is 139 Å². The minimum Gasteiger partial charge on any atom is -0.317 e. The summed E-state index contributed by atoms with van der Waals surface area (Å²) in [6.07, 6.45) is 5.26. The number of anilines is 1. The van der Waals surface area contributed by atoms with Crippen LogP contribution in [0.25, 0.3) is 0 Å². The van der Waals surface area contributed by atoms with Crippen LogP contribution in [0.15, 0.2) is 24.7 Å². The first-order valence-electron chi connectivity index (χ1n) is 7.64. The second kappa shape index (κ2) is 7.06. The fourth-order valence-electron chi connectivity index (χ4n) is 2.61. The van der Waals surface area contributed by atoms with Crippen molar-refractivity contribution in [2.75, 3.05) is 11.9 Å². The summed E-state index contributed by atoms with van der Waals surface area (Å²) in [5.41, 5.74) is 0. The van der Waals surface area contributed by atoms with Crippen LogP contribution in [0.4, 0.5) is 5.82 Å². The molecule has 122 valence electrons. The highest BCUT2D eigenvalue weighted by atomic mass is 35.5. The number of hydrogen-bond acceptors (Lipinski definition) is 5. The Bertz CT molecular complexity index is 671. The monoisotopic (exact) mass is 334 g/mol. The molecule has 0 saturated heterocycles. The van der Waals surface area contributed by atoms with Gasteiger partial charge in [-0.3, -0.25) is 4.79 Å². The van der Waals surface area contributed by atoms with Gasteiger partial charge in [0.15, 0.2) is 0 Å². The highest BCUT2D eigenvalue weighted by Gasteiger charge is 2.21. The molecule has 2 atom stereocenters. The third-order valence-corrected chi connectivity index (χ3v) is 4.24. The zero-order valence-corrected chi connectivity index (χ0v) is 13.6. The van der Waals surface area contributed by atoms with E-state index in [4.69, 9.17) is 11.6 Å². The van der Waals surface area contributed by atoms with Gasteiger partial charge in [0.2, 0.25) is 5.91 Å². The van der Waals surface area contributed by atoms with E-state index in [9.17, 15) is 4.79 Å². The number of amides is 1. The number of rotatable bonds is 5. The molecule has 0 aromatic carbocycles. The molecule has 23 heavy (non-hydrogen) atoms. The molecule has 0 unspecified atom stereocenters. The first-order chi connectivity index (χ1) is 11.1. The fraction of sp³-hybridized carbons (Fsp3) is 0.467. The molecule has 7 nitrogen and oxygen atoms in total. The Morgan fingerprint density at radius 1 is 1.52 bits per heavy atom. The maximum absolute atomic E-state index is 12.2. The van der Waals surface area contributed by atoms with Crippen molar-refractivity contribution < 1.29 is 4.79 Å². The zero-order chi connectivity index (χ0) is 16.2. The number of carbonyl (C=O) groups is 1. The van der Waals surface area contributed by atoms with Crippen molar-refractivity contribution in [2.45, 2.75) is 32.4 Å². The van der Waals surface area contributed by atoms with Gasteiger partial charge < -0.3 is 15.2 Å². The fourth-order valence-corrected chi connectivity index (χ4v) is 2.73. The molecule has 0 spiro atoms. The molecule has 3 heterocycles. The molecule has 0 bridgehead atoms. The van der Waals surface area contributed by atoms with Gasteiger partial charge in [-0.1, -0.05) is 11.6 Å². The number of halogens is 1. The van der Waals surface area contributed by atoms with Crippen LogP contribution >= 0.6 is 11.6 Å². The first kappa shape index (κ1) is 15.9. The van der Waals surface area contributed by atoms with E-state index >= 15 is 0 Å². The van der Waals surface area contributed by atoms with Gasteiger partial charge in [-0.2, -0.15) is 0 Å². The minimum atomic E-state index is -0.296. The summed E-state index contributed by atoms with van der Waals surface area (Å²) in [6, 6.07) is 3.08. The molecule has 8 heteroatoms. The topological polar surface area (TPSA) is 84.7 Å². The maximum Gasteiger partial charge on any atom is 0.242 e. The molecule has 2 aromatic heterocycles. The van der Waals surface area contributed by atoms with Crippen LogP contribution in [-0.2, 0) is 17.8 Å². The van der Waals surface area contributed by atoms with Crippen LogP contribution in [0.1, 0.15) is 19.2 Å². The van der Waals surface area contributed by atoms with Crippen LogP contribution < -0.4 is 10.6 Å². The number of aryl methyl sites for hydroxylation is 1. The van der Waals surface area contributed by atoms with E-state index < -0.39 is 0 Å². The molecule has 1 aliphatic rings. The average molecular weight is 335 g/mol. The molecular weight excluding hydrogens is 316 g/mol. The third kappa shape index (κ3) is 4.05. The Morgan fingerprint density at radius 3 is 3.17 bits per heavy atom. The number of nitrogens with one attached hydrogen (secondary N) is 2. The van der Waals surface area contributed by atoms with E-state index in [0.717, 1.165) is 31.8 Å². The van der Waals surface area contributed by atoms with E-state index in [0.29, 0.717) is 16.8 Å². The molecule has 2 aromatic rings. The molecule has 0 saturated carbocycles. The quantitative estimate of drug-likeness (QED) is 0.865. The number of fused-ring (bicyclic) bond motifs is 1. The van der Waals surface area contributed by atoms with Crippen LogP contribution in [0.3, 0.4) is 0 Å². The lowest BCUT2D eigenvalue weighted by Gasteiger charge is -2.24. The van der Waals surface area contributed by atoms with Gasteiger partial charge in [0.1, 0.15) is 18.0 Å². The van der Waals surface area contributed by atoms with Gasteiger partial charge in [0.25, 0.3) is 0 Å². The van der Waals surface area contributed by atoms with Gasteiger partial charge in [0, 0.05) is 25.7 Å². The zero-order valence-electron chi connectivity index (χ0n) is 12.9. The van der Waals surface area contributed by atoms with E-state index in [1.807, 2.05) is 6.92 Å². The lowest BCUT2D eigenvalue weighted by molar-refractivity contribution is -0.117. The Morgan fingerprint density at radius 2 is 2.39 bits per heavy atom. The molecule has 0 radical (unpaired) electrons. The van der Waals surface area contributed by atoms with Crippen molar-refractivity contribution in [3.8, 4) is 0 Å². The number of carbonyl (C=O) groups excluding carboxylic acids is 1. The predicted molar refractivity (Wildman–Crippen MR) is 87.2 cm³/mol. The Hall–Kier alpha value is -1.99. The van der Waals surface area contributed by atoms with Gasteiger partial charge in [-0.15, -0.1) is 10.2 Å². The first-order valence-corrected chi connectivity index (χ1v) is 8.02. The molecule has 2 N–H and O–H groups in total. The van der Waals surface area contributed by atoms with Crippen LogP contribution in [0.2, 0.25) is 5.02 Å². The summed E-state index contributed by atoms with van der Waals surface area (Å²) in [7, 11) is 0. The molecule has 3 rings (SSSR count). The van der Waals surface area contributed by atoms with Crippen LogP contribution in [-0.4, -0.2) is 38.2 Å². The lowest BCUT2D eigenvalue weighted by atomic mass is 9.99. The van der Waals surface area contributed by atoms with Gasteiger partial charge in [-0.05, 0) is 31.4 Å². The third-order valence-electron chi connectivity index (χ3n) is 4.01. The van der Waals surface area contributed by atoms with E-state index in [1.54, 1.807) is 18.5 Å². The van der Waals surface area contributed by atoms with E-state index in [-0.39, 0.29) is 11.9 Å². The van der Waals surface area contributed by atoms with Crippen LogP contribution in [0, 0.1) is 5.92 Å². The molecule has 0 aliphatic carbocycles. The van der Waals surface area contributed by atoms with Gasteiger partial charge in [-0.25, -0.2) is 4.98 Å². The van der Waals surface area contributed by atoms with Crippen molar-refractivity contribution in [3.05, 3.63) is 35.5 Å². The molecular formula is C15H19ClN6O. The van der Waals surface area contributed by atoms with Crippen molar-refractivity contribution in [1.29, 1.82) is 0 Å². The SMILES string of the molecule is C[C@H](NC[C@@H]1CCc2nncn2C1)C(=O)Nc1ccc(Cl)cn1. The van der Waals surface area contributed by atoms with Gasteiger partial charge >= 0.3 is 0 Å². The maximum atomic E-state index is 12.2. The van der Waals surface area contributed by atoms with E-state index in [1.165, 1.54) is 6.20 Å². The standard InChI is InChI=1S/C15H19ClN6O/c1-10(15(23)20-13-4-3-12(16)7-18-13)17-6-11-2-5-14-21-19-9-22(14)8-11/h3-4,7,9-11,17H,2,5-6,8H2,1H3,(H,18,20,23)/t10-,11-/m0/s1. The number of hydrogen-bond donors (Lipinski definition) is 2. The van der Waals surface area contributed by atoms with Crippen molar-refractivity contribution in [1.82, 2.24) is 25.1 Å². The molecule has 1 amide bonds. The summed E-state index contributed by atoms with van der Waals surface area (Å²) in [6.45, 7) is 3.51. The second-order valence-electron chi connectivity index (χ2n) is 5.79. The second-order valence-corrected chi connectivity index (χ2v) is 6.22. The largest absolute Gasteiger partial charge is 0.317 e.